The number of fused-ring (bicyclic) bond motifs is 18. The maximum atomic E-state index is 18.0. The first kappa shape index (κ1) is 56.6. The molecular formula is C85H46F8N6. The van der Waals surface area contributed by atoms with Gasteiger partial charge in [-0.3, -0.25) is 0 Å². The summed E-state index contributed by atoms with van der Waals surface area (Å²) >= 11 is 0. The molecule has 20 rings (SSSR count). The maximum absolute atomic E-state index is 18.0. The second kappa shape index (κ2) is 20.7. The Morgan fingerprint density at radius 3 is 0.707 bits per heavy atom. The van der Waals surface area contributed by atoms with Gasteiger partial charge in [-0.1, -0.05) is 146 Å². The number of aromatic nitrogens is 6. The molecule has 6 aromatic heterocycles. The van der Waals surface area contributed by atoms with Crippen LogP contribution >= 0.6 is 0 Å². The molecule has 0 saturated carbocycles. The van der Waals surface area contributed by atoms with Gasteiger partial charge < -0.3 is 27.4 Å². The van der Waals surface area contributed by atoms with Crippen LogP contribution in [0.15, 0.2) is 279 Å². The summed E-state index contributed by atoms with van der Waals surface area (Å²) in [5.74, 6) is -11.7. The molecule has 0 spiro atoms. The van der Waals surface area contributed by atoms with Crippen molar-refractivity contribution in [3.8, 4) is 45.3 Å². The number of alkyl halides is 3. The first-order valence-corrected chi connectivity index (χ1v) is 32.3. The van der Waals surface area contributed by atoms with Crippen molar-refractivity contribution < 1.29 is 35.1 Å². The summed E-state index contributed by atoms with van der Waals surface area (Å²) in [7, 11) is 0. The fraction of sp³-hybridized carbons (Fsp3) is 0.0118. The second-order valence-corrected chi connectivity index (χ2v) is 25.3. The van der Waals surface area contributed by atoms with Crippen molar-refractivity contribution >= 4 is 131 Å². The molecule has 0 bridgehead atoms. The standard InChI is InChI=1S/C85H46F8N6/c86-79-77(80(87)82(89)83(90)81(79)88)59-37-42-76(98-72-38-33-47(94-64-25-9-1-17-51(64)52-18-2-10-26-65(52)94)43-60(72)61-44-48(34-39-73(61)98)95-66-27-11-3-19-53(66)54-20-4-12-28-67(54)95)78(85(91,92)93)84(59)99-74-40-35-49(96-68-29-13-5-21-55(68)56-22-6-14-30-69(56)96)45-62(74)63-46-50(36-41-75(63)99)97-70-31-15-7-23-57(70)58-24-8-16-32-71(58)97/h1-46H. The number of rotatable bonds is 7. The van der Waals surface area contributed by atoms with E-state index in [1.807, 2.05) is 206 Å². The van der Waals surface area contributed by atoms with Crippen LogP contribution in [0.25, 0.3) is 176 Å². The minimum atomic E-state index is -5.45. The normalized spacial score (nSPS) is 12.4. The lowest BCUT2D eigenvalue weighted by molar-refractivity contribution is -0.137. The molecule has 0 atom stereocenters. The van der Waals surface area contributed by atoms with E-state index in [0.29, 0.717) is 55.3 Å². The molecule has 14 aromatic carbocycles. The summed E-state index contributed by atoms with van der Waals surface area (Å²) in [5.41, 5.74) is 5.39. The quantitative estimate of drug-likeness (QED) is 0.0865. The Balaban J connectivity index is 0.929. The maximum Gasteiger partial charge on any atom is 0.420 e. The van der Waals surface area contributed by atoms with Crippen molar-refractivity contribution in [1.82, 2.24) is 27.4 Å². The van der Waals surface area contributed by atoms with Crippen molar-refractivity contribution in [3.63, 3.8) is 0 Å². The van der Waals surface area contributed by atoms with E-state index in [0.717, 1.165) is 99.4 Å². The van der Waals surface area contributed by atoms with Gasteiger partial charge >= 0.3 is 6.18 Å². The summed E-state index contributed by atoms with van der Waals surface area (Å²) in [6.45, 7) is 0. The Bertz CT molecular complexity index is 6350. The molecule has 0 aliphatic rings. The third kappa shape index (κ3) is 7.87. The molecule has 472 valence electrons. The van der Waals surface area contributed by atoms with E-state index >= 15 is 35.1 Å². The molecule has 0 aliphatic heterocycles. The van der Waals surface area contributed by atoms with Crippen molar-refractivity contribution in [2.45, 2.75) is 6.18 Å². The van der Waals surface area contributed by atoms with Crippen LogP contribution in [0.4, 0.5) is 35.1 Å². The fourth-order valence-corrected chi connectivity index (χ4v) is 16.2. The van der Waals surface area contributed by atoms with E-state index in [9.17, 15) is 0 Å². The van der Waals surface area contributed by atoms with Crippen LogP contribution in [0.5, 0.6) is 0 Å². The average Bonchev–Trinajstić information content (AvgIpc) is 1.69. The Morgan fingerprint density at radius 2 is 0.444 bits per heavy atom. The number of para-hydroxylation sites is 8. The minimum absolute atomic E-state index is 0.135. The van der Waals surface area contributed by atoms with Crippen molar-refractivity contribution in [2.24, 2.45) is 0 Å². The average molecular weight is 1300 g/mol. The van der Waals surface area contributed by atoms with Gasteiger partial charge in [-0.05, 0) is 133 Å². The zero-order valence-corrected chi connectivity index (χ0v) is 51.8. The summed E-state index contributed by atoms with van der Waals surface area (Å²) in [5, 5.41) is 9.76. The number of hydrogen-bond donors (Lipinski definition) is 0. The number of benzene rings is 14. The SMILES string of the molecule is Fc1c(F)c(F)c(-c2ccc(-n3c4ccc(-n5c6ccccc6c6ccccc65)cc4c4cc(-n5c6ccccc6c6ccccc65)ccc43)c(C(F)(F)F)c2-n2c3ccc(-n4c5ccccc5c5ccccc54)cc3c3cc(-n4c5ccccc5c5ccccc54)ccc32)c(F)c1F. The molecule has 6 heterocycles. The molecule has 0 radical (unpaired) electrons. The van der Waals surface area contributed by atoms with E-state index < -0.39 is 63.3 Å². The Labute approximate surface area is 555 Å². The summed E-state index contributed by atoms with van der Waals surface area (Å²) < 4.78 is 147. The highest BCUT2D eigenvalue weighted by molar-refractivity contribution is 6.17. The number of hydrogen-bond acceptors (Lipinski definition) is 0. The highest BCUT2D eigenvalue weighted by Crippen LogP contribution is 2.51. The van der Waals surface area contributed by atoms with Gasteiger partial charge in [0.05, 0.1) is 83.1 Å². The molecule has 0 N–H and O–H groups in total. The van der Waals surface area contributed by atoms with E-state index in [2.05, 4.69) is 42.5 Å². The van der Waals surface area contributed by atoms with Gasteiger partial charge in [-0.2, -0.15) is 13.2 Å². The van der Waals surface area contributed by atoms with E-state index in [-0.39, 0.29) is 11.0 Å². The number of nitrogens with zero attached hydrogens (tertiary/aromatic N) is 6. The molecule has 6 nitrogen and oxygen atoms in total. The van der Waals surface area contributed by atoms with Gasteiger partial charge in [0.2, 0.25) is 5.82 Å². The van der Waals surface area contributed by atoms with Crippen molar-refractivity contribution in [2.75, 3.05) is 0 Å². The highest BCUT2D eigenvalue weighted by Gasteiger charge is 2.42. The topological polar surface area (TPSA) is 29.6 Å². The van der Waals surface area contributed by atoms with Crippen LogP contribution in [-0.4, -0.2) is 27.4 Å². The van der Waals surface area contributed by atoms with Crippen LogP contribution in [0.2, 0.25) is 0 Å². The predicted molar refractivity (Wildman–Crippen MR) is 383 cm³/mol. The van der Waals surface area contributed by atoms with Gasteiger partial charge in [-0.15, -0.1) is 0 Å². The van der Waals surface area contributed by atoms with Gasteiger partial charge in [-0.25, -0.2) is 22.0 Å². The third-order valence-electron chi connectivity index (χ3n) is 20.2. The van der Waals surface area contributed by atoms with E-state index in [4.69, 9.17) is 0 Å². The summed E-state index contributed by atoms with van der Waals surface area (Å²) in [6.07, 6.45) is -5.45. The van der Waals surface area contributed by atoms with Crippen LogP contribution in [0.3, 0.4) is 0 Å². The highest BCUT2D eigenvalue weighted by atomic mass is 19.4. The third-order valence-corrected chi connectivity index (χ3v) is 20.2. The van der Waals surface area contributed by atoms with Gasteiger partial charge in [0.15, 0.2) is 23.3 Å². The van der Waals surface area contributed by atoms with Crippen LogP contribution in [0, 0.1) is 29.1 Å². The lowest BCUT2D eigenvalue weighted by Crippen LogP contribution is -2.17. The molecule has 14 heteroatoms. The molecular weight excluding hydrogens is 1260 g/mol. The van der Waals surface area contributed by atoms with Crippen LogP contribution < -0.4 is 0 Å². The molecule has 0 unspecified atom stereocenters. The number of halogens is 8. The summed E-state index contributed by atoms with van der Waals surface area (Å²) in [6, 6.07) is 87.6. The summed E-state index contributed by atoms with van der Waals surface area (Å²) in [4.78, 5) is 0. The van der Waals surface area contributed by atoms with Gasteiger partial charge in [0.1, 0.15) is 5.56 Å². The molecule has 99 heavy (non-hydrogen) atoms. The Morgan fingerprint density at radius 1 is 0.212 bits per heavy atom. The second-order valence-electron chi connectivity index (χ2n) is 25.3. The predicted octanol–water partition coefficient (Wildman–Crippen LogP) is 23.7. The zero-order chi connectivity index (χ0) is 66.4. The first-order valence-electron chi connectivity index (χ1n) is 32.3. The van der Waals surface area contributed by atoms with Gasteiger partial charge in [0, 0.05) is 92.9 Å². The zero-order valence-electron chi connectivity index (χ0n) is 51.8. The van der Waals surface area contributed by atoms with Crippen molar-refractivity contribution in [1.29, 1.82) is 0 Å². The minimum Gasteiger partial charge on any atom is -0.309 e. The Hall–Kier alpha value is -12.7. The molecule has 0 aliphatic carbocycles. The lowest BCUT2D eigenvalue weighted by atomic mass is 9.95. The van der Waals surface area contributed by atoms with Crippen molar-refractivity contribution in [3.05, 3.63) is 314 Å². The van der Waals surface area contributed by atoms with Gasteiger partial charge in [0.25, 0.3) is 0 Å². The van der Waals surface area contributed by atoms with E-state index in [1.165, 1.54) is 9.13 Å². The fourth-order valence-electron chi connectivity index (χ4n) is 16.2. The first-order chi connectivity index (χ1) is 48.4. The largest absolute Gasteiger partial charge is 0.420 e. The molecule has 0 amide bonds. The Kier molecular flexibility index (Phi) is 11.8. The molecule has 20 aromatic rings. The molecule has 0 saturated heterocycles. The monoisotopic (exact) mass is 1300 g/mol. The van der Waals surface area contributed by atoms with Crippen LogP contribution in [-0.2, 0) is 6.18 Å². The molecule has 0 fully saturated rings. The smallest absolute Gasteiger partial charge is 0.309 e. The van der Waals surface area contributed by atoms with E-state index in [1.54, 1.807) is 36.4 Å². The lowest BCUT2D eigenvalue weighted by Gasteiger charge is -2.25. The van der Waals surface area contributed by atoms with Crippen LogP contribution in [0.1, 0.15) is 5.56 Å².